The van der Waals surface area contributed by atoms with Gasteiger partial charge in [-0.05, 0) is 181 Å². The quantitative estimate of drug-likeness (QED) is 0.140. The topological polar surface area (TPSA) is 16.2 Å². The van der Waals surface area contributed by atoms with Crippen LogP contribution in [0.25, 0.3) is 126 Å². The monoisotopic (exact) mass is 1830 g/mol. The van der Waals surface area contributed by atoms with E-state index in [4.69, 9.17) is 0 Å². The predicted molar refractivity (Wildman–Crippen MR) is 628 cm³/mol. The maximum atomic E-state index is 2.39. The molecular weight excluding hydrogens is 1680 g/mol. The summed E-state index contributed by atoms with van der Waals surface area (Å²) in [6, 6.07) is 114. The molecule has 5 heteroatoms. The number of para-hydroxylation sites is 5. The summed E-state index contributed by atoms with van der Waals surface area (Å²) in [6.45, 7) is 54.1. The van der Waals surface area contributed by atoms with E-state index in [2.05, 4.69) is 477 Å². The number of benzene rings is 16. The Labute approximate surface area is 838 Å². The molecule has 139 heavy (non-hydrogen) atoms. The molecule has 16 aromatic carbocycles. The lowest BCUT2D eigenvalue weighted by molar-refractivity contribution is 0.660. The summed E-state index contributed by atoms with van der Waals surface area (Å²) in [4.78, 5) is 11.6. The van der Waals surface area contributed by atoms with Crippen molar-refractivity contribution < 1.29 is 0 Å². The minimum atomic E-state index is -0.00134. The molecule has 5 nitrogen and oxygen atoms in total. The first-order valence-corrected chi connectivity index (χ1v) is 51.8. The Morgan fingerprint density at radius 1 is 0.173 bits per heavy atom. The van der Waals surface area contributed by atoms with Crippen molar-refractivity contribution in [3.05, 3.63) is 404 Å². The first-order chi connectivity index (χ1) is 67.9. The van der Waals surface area contributed by atoms with E-state index in [-0.39, 0.29) is 16.2 Å². The third-order valence-corrected chi connectivity index (χ3v) is 26.5. The van der Waals surface area contributed by atoms with E-state index in [0.717, 1.165) is 0 Å². The first-order valence-electron chi connectivity index (χ1n) is 51.8. The molecule has 0 aromatic heterocycles. The van der Waals surface area contributed by atoms with Gasteiger partial charge in [0.15, 0.2) is 0 Å². The van der Waals surface area contributed by atoms with Crippen LogP contribution < -0.4 is 24.5 Å². The standard InChI is InChI=1S/3C24H21N.C23H17N.C19H15N.10C2H6/c1-24(2)20-10-6-5-9-18(20)19-15-23-17(14-21(19)24)13-12-16-8-4-7-11-22(16)25(23)3;1-24(2)20-10-6-5-9-18(20)19-15-14-17-13-12-16-8-4-7-11-21(16)25(3)23(17)22(19)24;1-24(2)19-10-6-5-9-17(19)23-18-13-12-16-8-4-7-11-21(16)25(3)22(18)15-14-20(23)24;1-24-22-13-7-2-8-16(22)14-15-21-19-11-4-3-9-17(19)18-10-5-6-12-20(18)23(21)24;1-20-18-9-5-3-7-15(18)11-13-16-12-10-14-6-2-4-8-17(14)19(16)20;10*1-2/h3*4-15H,1-3H3;2-15H,1H3;2-13H,1H3;10*1-2H3. The van der Waals surface area contributed by atoms with Crippen LogP contribution in [0, 0.1) is 0 Å². The Kier molecular flexibility index (Phi) is 38.0. The zero-order valence-corrected chi connectivity index (χ0v) is 89.5. The largest absolute Gasteiger partial charge is 0.344 e. The number of fused-ring (bicyclic) bond motifs is 28. The number of rotatable bonds is 0. The van der Waals surface area contributed by atoms with Gasteiger partial charge < -0.3 is 24.5 Å². The summed E-state index contributed by atoms with van der Waals surface area (Å²) in [5.41, 5.74) is 42.4. The average molecular weight is 1840 g/mol. The SMILES string of the molecule is CC.CC.CC.CC.CC.CC.CC.CC.CC.CC.CN1c2ccccc2C=Cc2c1c1ccccc1c1ccccc21.CN1c2ccccc2C=Cc2c1ccc1c2-c2ccccc2C1(C)C.CN1c2ccccc2C=Cc2cc3c(cc21)-c1ccccc1C3(C)C.CN1c2ccccc2C=Cc2ccc3c(c21)C(C)(C)c1ccccc1-3.CN1c2ccccc2C=Cc2ccc3ccccc3c21. The second kappa shape index (κ2) is 49.3. The predicted octanol–water partition coefficient (Wildman–Crippen LogP) is 40.3. The van der Waals surface area contributed by atoms with Crippen molar-refractivity contribution in [3.8, 4) is 33.4 Å². The van der Waals surface area contributed by atoms with Crippen molar-refractivity contribution in [3.63, 3.8) is 0 Å². The minimum Gasteiger partial charge on any atom is -0.344 e. The first kappa shape index (κ1) is 107. The molecule has 16 aromatic rings. The maximum absolute atomic E-state index is 2.39. The Morgan fingerprint density at radius 3 is 0.993 bits per heavy atom. The molecule has 716 valence electrons. The van der Waals surface area contributed by atoms with Crippen molar-refractivity contribution in [2.75, 3.05) is 59.7 Å². The number of hydrogen-bond acceptors (Lipinski definition) is 5. The average Bonchev–Trinajstić information content (AvgIpc) is 1.65. The third kappa shape index (κ3) is 20.6. The van der Waals surface area contributed by atoms with Gasteiger partial charge in [0, 0.05) is 113 Å². The highest BCUT2D eigenvalue weighted by Crippen LogP contribution is 2.58. The van der Waals surface area contributed by atoms with Crippen LogP contribution in [-0.4, -0.2) is 35.2 Å². The maximum Gasteiger partial charge on any atom is 0.0568 e. The molecule has 5 heterocycles. The van der Waals surface area contributed by atoms with Crippen LogP contribution in [0.15, 0.2) is 315 Å². The Bertz CT molecular complexity index is 6970. The fourth-order valence-corrected chi connectivity index (χ4v) is 20.4. The third-order valence-electron chi connectivity index (χ3n) is 26.5. The number of anilines is 10. The van der Waals surface area contributed by atoms with Gasteiger partial charge in [-0.3, -0.25) is 0 Å². The van der Waals surface area contributed by atoms with Crippen LogP contribution >= 0.6 is 0 Å². The number of nitrogens with zero attached hydrogens (tertiary/aromatic N) is 5. The van der Waals surface area contributed by atoms with Crippen molar-refractivity contribution >= 4 is 150 Å². The molecule has 0 saturated carbocycles. The molecule has 0 amide bonds. The van der Waals surface area contributed by atoms with Gasteiger partial charge in [-0.2, -0.15) is 0 Å². The van der Waals surface area contributed by atoms with Gasteiger partial charge in [-0.1, -0.05) is 508 Å². The molecule has 0 atom stereocenters. The van der Waals surface area contributed by atoms with Gasteiger partial charge in [-0.15, -0.1) is 0 Å². The highest BCUT2D eigenvalue weighted by molar-refractivity contribution is 6.19. The molecule has 0 radical (unpaired) electrons. The second-order valence-corrected chi connectivity index (χ2v) is 34.1. The lowest BCUT2D eigenvalue weighted by atomic mass is 9.80. The van der Waals surface area contributed by atoms with Crippen molar-refractivity contribution in [1.29, 1.82) is 0 Å². The zero-order valence-electron chi connectivity index (χ0n) is 89.5. The summed E-state index contributed by atoms with van der Waals surface area (Å²) in [5.74, 6) is 0. The molecule has 8 aliphatic rings. The summed E-state index contributed by atoms with van der Waals surface area (Å²) in [7, 11) is 10.9. The van der Waals surface area contributed by atoms with Gasteiger partial charge in [0.05, 0.1) is 17.1 Å². The van der Waals surface area contributed by atoms with Crippen molar-refractivity contribution in [2.45, 2.75) is 196 Å². The zero-order chi connectivity index (χ0) is 101. The molecule has 24 rings (SSSR count). The molecular formula is C134H155N5. The fourth-order valence-electron chi connectivity index (χ4n) is 20.4. The highest BCUT2D eigenvalue weighted by atomic mass is 15.1. The van der Waals surface area contributed by atoms with Gasteiger partial charge in [0.1, 0.15) is 0 Å². The van der Waals surface area contributed by atoms with E-state index in [0.29, 0.717) is 0 Å². The molecule has 0 fully saturated rings. The molecule has 3 aliphatic carbocycles. The summed E-state index contributed by atoms with van der Waals surface area (Å²) in [6.07, 6.45) is 22.5. The molecule has 5 aliphatic heterocycles. The lowest BCUT2D eigenvalue weighted by Gasteiger charge is -2.30. The van der Waals surface area contributed by atoms with E-state index >= 15 is 0 Å². The Balaban J connectivity index is 0.000000171. The van der Waals surface area contributed by atoms with Crippen molar-refractivity contribution in [2.24, 2.45) is 0 Å². The molecule has 0 N–H and O–H groups in total. The van der Waals surface area contributed by atoms with Crippen molar-refractivity contribution in [1.82, 2.24) is 0 Å². The van der Waals surface area contributed by atoms with E-state index in [1.807, 2.05) is 138 Å². The lowest BCUT2D eigenvalue weighted by Crippen LogP contribution is -2.21. The Hall–Kier alpha value is -14.0. The van der Waals surface area contributed by atoms with Gasteiger partial charge in [-0.25, -0.2) is 0 Å². The Morgan fingerprint density at radius 2 is 0.496 bits per heavy atom. The van der Waals surface area contributed by atoms with E-state index in [1.54, 1.807) is 0 Å². The summed E-state index contributed by atoms with van der Waals surface area (Å²) < 4.78 is 0. The fraction of sp³-hybridized carbons (Fsp3) is 0.254. The van der Waals surface area contributed by atoms with Gasteiger partial charge >= 0.3 is 0 Å². The highest BCUT2D eigenvalue weighted by Gasteiger charge is 2.42. The van der Waals surface area contributed by atoms with Crippen LogP contribution in [0.4, 0.5) is 56.9 Å². The van der Waals surface area contributed by atoms with Crippen LogP contribution in [0.3, 0.4) is 0 Å². The minimum absolute atomic E-state index is 0.00134. The number of hydrogen-bond donors (Lipinski definition) is 0. The van der Waals surface area contributed by atoms with Crippen LogP contribution in [0.1, 0.15) is 269 Å². The molecule has 0 unspecified atom stereocenters. The normalized spacial score (nSPS) is 13.1. The second-order valence-electron chi connectivity index (χ2n) is 34.1. The van der Waals surface area contributed by atoms with Gasteiger partial charge in [0.25, 0.3) is 0 Å². The van der Waals surface area contributed by atoms with E-state index in [1.165, 1.54) is 212 Å². The smallest absolute Gasteiger partial charge is 0.0568 e. The van der Waals surface area contributed by atoms with Gasteiger partial charge in [0.2, 0.25) is 0 Å². The summed E-state index contributed by atoms with van der Waals surface area (Å²) >= 11 is 0. The molecule has 0 saturated heterocycles. The molecule has 0 bridgehead atoms. The molecule has 0 spiro atoms. The van der Waals surface area contributed by atoms with Crippen LogP contribution in [0.2, 0.25) is 0 Å². The van der Waals surface area contributed by atoms with E-state index < -0.39 is 0 Å². The van der Waals surface area contributed by atoms with Crippen LogP contribution in [0.5, 0.6) is 0 Å². The van der Waals surface area contributed by atoms with E-state index in [9.17, 15) is 0 Å². The summed E-state index contributed by atoms with van der Waals surface area (Å²) in [5, 5.41) is 7.82. The van der Waals surface area contributed by atoms with Crippen LogP contribution in [-0.2, 0) is 16.2 Å².